The summed E-state index contributed by atoms with van der Waals surface area (Å²) in [5.74, 6) is 0. The van der Waals surface area contributed by atoms with Crippen molar-refractivity contribution in [3.05, 3.63) is 42.8 Å². The summed E-state index contributed by atoms with van der Waals surface area (Å²) in [5.41, 5.74) is 0. The first-order valence-corrected chi connectivity index (χ1v) is 3.07. The molecule has 0 nitrogen and oxygen atoms in total. The summed E-state index contributed by atoms with van der Waals surface area (Å²) in [6.45, 7) is 4.00. The van der Waals surface area contributed by atoms with Gasteiger partial charge in [0, 0.05) is 0 Å². The molecule has 72 valence electrons. The predicted octanol–water partition coefficient (Wildman–Crippen LogP) is 3.56. The minimum Gasteiger partial charge on any atom is -0.335 e. The summed E-state index contributed by atoms with van der Waals surface area (Å²) in [5, 5.41) is 0. The zero-order valence-electron chi connectivity index (χ0n) is 7.13. The Balaban J connectivity index is -0.0000000489. The third-order valence-electron chi connectivity index (χ3n) is 0.607. The number of hydrogen-bond donors (Lipinski definition) is 0. The summed E-state index contributed by atoms with van der Waals surface area (Å²) in [7, 11) is 0. The smallest absolute Gasteiger partial charge is 0.335 e. The van der Waals surface area contributed by atoms with Gasteiger partial charge in [0.05, 0.1) is 0 Å². The van der Waals surface area contributed by atoms with E-state index in [1.165, 1.54) is 0 Å². The van der Waals surface area contributed by atoms with Crippen LogP contribution in [-0.2, 0) is 19.5 Å². The van der Waals surface area contributed by atoms with Gasteiger partial charge in [0.2, 0.25) is 0 Å². The van der Waals surface area contributed by atoms with Gasteiger partial charge >= 0.3 is 19.5 Å². The topological polar surface area (TPSA) is 0 Å². The molecule has 1 rings (SSSR count). The molecule has 0 radical (unpaired) electrons. The Morgan fingerprint density at radius 2 is 1.25 bits per heavy atom. The Kier molecular flexibility index (Phi) is 42.9. The van der Waals surface area contributed by atoms with Crippen LogP contribution in [0.15, 0.2) is 30.3 Å². The molecule has 0 saturated carbocycles. The van der Waals surface area contributed by atoms with Gasteiger partial charge in [-0.05, 0) is 0 Å². The van der Waals surface area contributed by atoms with E-state index in [1.54, 1.807) is 0 Å². The van der Waals surface area contributed by atoms with E-state index < -0.39 is 0 Å². The van der Waals surface area contributed by atoms with E-state index in [4.69, 9.17) is 0 Å². The molecule has 0 aliphatic heterocycles. The minimum atomic E-state index is 0. The van der Waals surface area contributed by atoms with Gasteiger partial charge in [-0.2, -0.15) is 50.2 Å². The molecule has 0 bridgehead atoms. The largest absolute Gasteiger partial charge is 2.00 e. The third-order valence-corrected chi connectivity index (χ3v) is 0.607. The molecule has 0 fully saturated rings. The maximum absolute atomic E-state index is 2.89. The van der Waals surface area contributed by atoms with Crippen molar-refractivity contribution < 1.29 is 19.5 Å². The molecule has 12 heavy (non-hydrogen) atoms. The average Bonchev–Trinajstić information content (AvgIpc) is 1.93. The van der Waals surface area contributed by atoms with Gasteiger partial charge in [-0.1, -0.05) is 0 Å². The summed E-state index contributed by atoms with van der Waals surface area (Å²) in [6.07, 6.45) is 2.00. The molecule has 3 heteroatoms. The van der Waals surface area contributed by atoms with Crippen LogP contribution in [0.1, 0.15) is 13.8 Å². The second kappa shape index (κ2) is 22.5. The molecular weight excluding hydrogens is 280 g/mol. The van der Waals surface area contributed by atoms with E-state index in [-0.39, 0.29) is 44.3 Å². The van der Waals surface area contributed by atoms with Crippen molar-refractivity contribution in [2.45, 2.75) is 13.8 Å². The van der Waals surface area contributed by atoms with E-state index in [2.05, 4.69) is 6.07 Å². The summed E-state index contributed by atoms with van der Waals surface area (Å²) in [4.78, 5) is 0. The van der Waals surface area contributed by atoms with Gasteiger partial charge in [-0.3, -0.25) is 0 Å². The van der Waals surface area contributed by atoms with Crippen LogP contribution in [0.5, 0.6) is 0 Å². The molecule has 0 spiro atoms. The van der Waals surface area contributed by atoms with Crippen molar-refractivity contribution in [1.82, 2.24) is 0 Å². The van der Waals surface area contributed by atoms with Gasteiger partial charge in [0.25, 0.3) is 0 Å². The van der Waals surface area contributed by atoms with Crippen LogP contribution in [0.2, 0.25) is 0 Å². The summed E-state index contributed by atoms with van der Waals surface area (Å²) < 4.78 is 0. The number of benzene rings is 1. The van der Waals surface area contributed by atoms with Gasteiger partial charge in [0.15, 0.2) is 0 Å². The molecule has 1 aromatic rings. The monoisotopic (exact) mass is 294 g/mol. The Hall–Kier alpha value is 0.423. The molecular formula is C9H14Cl2Ru. The summed E-state index contributed by atoms with van der Waals surface area (Å²) in [6, 6.07) is 12.5. The average molecular weight is 294 g/mol. The molecule has 0 unspecified atom stereocenters. The Morgan fingerprint density at radius 3 is 1.33 bits per heavy atom. The van der Waals surface area contributed by atoms with Gasteiger partial charge in [-0.15, -0.1) is 24.8 Å². The zero-order valence-corrected chi connectivity index (χ0v) is 10.5. The van der Waals surface area contributed by atoms with Gasteiger partial charge in [0.1, 0.15) is 0 Å². The van der Waals surface area contributed by atoms with Crippen molar-refractivity contribution in [1.29, 1.82) is 0 Å². The van der Waals surface area contributed by atoms with Crippen molar-refractivity contribution in [2.75, 3.05) is 0 Å². The molecule has 0 heterocycles. The molecule has 0 aromatic heterocycles. The fourth-order valence-corrected chi connectivity index (χ4v) is 0.342. The van der Waals surface area contributed by atoms with Crippen molar-refractivity contribution in [3.63, 3.8) is 0 Å². The van der Waals surface area contributed by atoms with E-state index in [1.807, 2.05) is 50.6 Å². The Morgan fingerprint density at radius 1 is 0.917 bits per heavy atom. The van der Waals surface area contributed by atoms with Crippen LogP contribution in [0.25, 0.3) is 0 Å². The maximum atomic E-state index is 2.89. The molecule has 0 atom stereocenters. The van der Waals surface area contributed by atoms with E-state index in [9.17, 15) is 0 Å². The standard InChI is InChI=1S/C6H5.C3H7.2ClH.Ru/c1-2-4-6-5-3-1;1-3-2;;;/h1-5H;3H,1-2H3;2*1H;/q2*-1;;;+2. The fourth-order valence-electron chi connectivity index (χ4n) is 0.342. The van der Waals surface area contributed by atoms with Crippen molar-refractivity contribution >= 4 is 24.8 Å². The quantitative estimate of drug-likeness (QED) is 0.507. The van der Waals surface area contributed by atoms with Crippen molar-refractivity contribution in [2.24, 2.45) is 0 Å². The van der Waals surface area contributed by atoms with E-state index >= 15 is 0 Å². The molecule has 0 amide bonds. The van der Waals surface area contributed by atoms with Crippen LogP contribution >= 0.6 is 24.8 Å². The number of hydrogen-bond acceptors (Lipinski definition) is 0. The first-order valence-electron chi connectivity index (χ1n) is 3.07. The van der Waals surface area contributed by atoms with Crippen molar-refractivity contribution in [3.8, 4) is 0 Å². The zero-order chi connectivity index (χ0) is 6.95. The Bertz CT molecular complexity index is 95.4. The molecule has 0 saturated heterocycles. The molecule has 1 aromatic carbocycles. The molecule has 0 N–H and O–H groups in total. The normalized spacial score (nSPS) is 5.50. The van der Waals surface area contributed by atoms with Crippen LogP contribution in [0.3, 0.4) is 0 Å². The third kappa shape index (κ3) is 22.4. The predicted molar refractivity (Wildman–Crippen MR) is 55.4 cm³/mol. The fraction of sp³-hybridized carbons (Fsp3) is 0.222. The second-order valence-electron chi connectivity index (χ2n) is 1.65. The SMILES string of the molecule is C[CH-]C.Cl.Cl.[Ru+2].[c-]1ccccc1. The van der Waals surface area contributed by atoms with Gasteiger partial charge in [-0.25, -0.2) is 0 Å². The van der Waals surface area contributed by atoms with Crippen LogP contribution < -0.4 is 0 Å². The maximum Gasteiger partial charge on any atom is 2.00 e. The second-order valence-corrected chi connectivity index (χ2v) is 1.65. The van der Waals surface area contributed by atoms with E-state index in [0.29, 0.717) is 0 Å². The summed E-state index contributed by atoms with van der Waals surface area (Å²) >= 11 is 0. The van der Waals surface area contributed by atoms with E-state index in [0.717, 1.165) is 0 Å². The minimum absolute atomic E-state index is 0. The van der Waals surface area contributed by atoms with Gasteiger partial charge < -0.3 is 6.42 Å². The first kappa shape index (κ1) is 22.8. The molecule has 0 aliphatic rings. The number of rotatable bonds is 0. The Labute approximate surface area is 101 Å². The van der Waals surface area contributed by atoms with Crippen LogP contribution in [0, 0.1) is 12.5 Å². The van der Waals surface area contributed by atoms with Crippen LogP contribution in [0.4, 0.5) is 0 Å². The number of halogens is 2. The molecule has 0 aliphatic carbocycles. The van der Waals surface area contributed by atoms with Crippen LogP contribution in [-0.4, -0.2) is 0 Å². The first-order chi connectivity index (χ1) is 4.41.